The Morgan fingerprint density at radius 3 is 2.08 bits per heavy atom. The molecule has 0 saturated carbocycles. The van der Waals surface area contributed by atoms with Gasteiger partial charge < -0.3 is 24.8 Å². The van der Waals surface area contributed by atoms with Crippen molar-refractivity contribution in [1.29, 1.82) is 0 Å². The molecule has 0 aromatic rings. The Bertz CT molecular complexity index is 506. The second-order valence-electron chi connectivity index (χ2n) is 7.37. The Hall–Kier alpha value is 0.630. The number of hydrogen-bond acceptors (Lipinski definition) is 1. The Labute approximate surface area is 177 Å². The van der Waals surface area contributed by atoms with Gasteiger partial charge in [-0.3, -0.25) is 0 Å². The molecule has 0 fully saturated rings. The molecule has 1 amide bonds. The Morgan fingerprint density at radius 1 is 1.16 bits per heavy atom. The van der Waals surface area contributed by atoms with E-state index in [-0.39, 0.29) is 30.7 Å². The van der Waals surface area contributed by atoms with Crippen LogP contribution in [0.25, 0.3) is 0 Å². The van der Waals surface area contributed by atoms with Crippen LogP contribution in [0.1, 0.15) is 67.2 Å². The van der Waals surface area contributed by atoms with E-state index >= 15 is 0 Å². The van der Waals surface area contributed by atoms with E-state index in [1.54, 1.807) is 3.28 Å². The zero-order valence-electron chi connectivity index (χ0n) is 17.2. The first-order valence-corrected chi connectivity index (χ1v) is 18.9. The fourth-order valence-electron chi connectivity index (χ4n) is 3.53. The predicted molar refractivity (Wildman–Crippen MR) is 101 cm³/mol. The number of carbonyl (C=O) groups excluding carboxylic acids is 1. The van der Waals surface area contributed by atoms with Crippen LogP contribution in [0, 0.1) is 11.8 Å². The minimum atomic E-state index is -2.01. The maximum absolute atomic E-state index is 12.9. The van der Waals surface area contributed by atoms with Gasteiger partial charge in [0.25, 0.3) is 0 Å². The van der Waals surface area contributed by atoms with Gasteiger partial charge in [0.1, 0.15) is 0 Å². The molecule has 0 spiro atoms. The van der Waals surface area contributed by atoms with Crippen molar-refractivity contribution in [2.24, 2.45) is 11.8 Å². The van der Waals surface area contributed by atoms with Gasteiger partial charge in [0.05, 0.1) is 0 Å². The zero-order valence-corrected chi connectivity index (χ0v) is 22.3. The summed E-state index contributed by atoms with van der Waals surface area (Å²) in [5.74, 6) is 0.334. The predicted octanol–water partition coefficient (Wildman–Crippen LogP) is -0.896. The summed E-state index contributed by atoms with van der Waals surface area (Å²) in [5.41, 5.74) is 4.51. The second-order valence-corrected chi connectivity index (χ2v) is 25.6. The average Bonchev–Trinajstić information content (AvgIpc) is 2.69. The van der Waals surface area contributed by atoms with Gasteiger partial charge in [-0.2, -0.15) is 0 Å². The van der Waals surface area contributed by atoms with Gasteiger partial charge >= 0.3 is 153 Å². The first kappa shape index (κ1) is 27.8. The minimum Gasteiger partial charge on any atom is -1.00 e. The molecule has 1 N–H and O–H groups in total. The van der Waals surface area contributed by atoms with Crippen molar-refractivity contribution in [3.63, 3.8) is 0 Å². The number of halogens is 2. The SMILES string of the molecule is CCCCC(CC)C(=O)[NH][Zr+2]([C]1=C(C)C(C)=C(C)C1C)[SiH](C)C.[Cl-].[Cl-]. The van der Waals surface area contributed by atoms with Gasteiger partial charge in [-0.1, -0.05) is 0 Å². The third-order valence-electron chi connectivity index (χ3n) is 5.54. The molecule has 0 bridgehead atoms. The normalized spacial score (nSPS) is 18.0. The van der Waals surface area contributed by atoms with Crippen molar-refractivity contribution in [2.75, 3.05) is 0 Å². The average molecular weight is 485 g/mol. The van der Waals surface area contributed by atoms with E-state index in [1.165, 1.54) is 29.6 Å². The van der Waals surface area contributed by atoms with Crippen LogP contribution in [-0.2, 0) is 26.0 Å². The first-order chi connectivity index (χ1) is 10.8. The van der Waals surface area contributed by atoms with Gasteiger partial charge in [-0.25, -0.2) is 0 Å². The van der Waals surface area contributed by atoms with Crippen LogP contribution in [-0.4, -0.2) is 11.8 Å². The number of rotatable bonds is 8. The fraction of sp³-hybridized carbons (Fsp3) is 0.737. The van der Waals surface area contributed by atoms with Gasteiger partial charge in [0.15, 0.2) is 0 Å². The van der Waals surface area contributed by atoms with E-state index in [2.05, 4.69) is 57.9 Å². The molecule has 0 aromatic heterocycles. The van der Waals surface area contributed by atoms with E-state index in [4.69, 9.17) is 0 Å². The quantitative estimate of drug-likeness (QED) is 0.445. The molecule has 2 atom stereocenters. The molecule has 145 valence electrons. The standard InChI is InChI=1S/C9H13.C8H17NO.C2H7Si.2ClH.Zr/c1-6-5-7(2)9(4)8(6)3;1-3-5-6-7(4-2)8(9)10;1-3-2;;;/h6H,1-4H3;7H,3-6H2,1-2H3,(H2,9,10);3H,1-2H3;2*1H;/q;;;;;+3/p-3. The number of amides is 1. The molecule has 2 nitrogen and oxygen atoms in total. The molecule has 6 heteroatoms. The van der Waals surface area contributed by atoms with Crippen LogP contribution < -0.4 is 28.1 Å². The summed E-state index contributed by atoms with van der Waals surface area (Å²) >= 11 is -2.01. The molecule has 0 aromatic carbocycles. The third kappa shape index (κ3) is 6.94. The van der Waals surface area contributed by atoms with Crippen LogP contribution >= 0.6 is 0 Å². The van der Waals surface area contributed by atoms with Crippen molar-refractivity contribution in [3.8, 4) is 0 Å². The molecule has 0 saturated heterocycles. The summed E-state index contributed by atoms with van der Waals surface area (Å²) in [6.07, 6.45) is 4.38. The van der Waals surface area contributed by atoms with Crippen LogP contribution in [0.5, 0.6) is 0 Å². The van der Waals surface area contributed by atoms with Gasteiger partial charge in [0, 0.05) is 0 Å². The molecule has 1 rings (SSSR count). The maximum Gasteiger partial charge on any atom is -1.00 e. The van der Waals surface area contributed by atoms with Gasteiger partial charge in [0.2, 0.25) is 0 Å². The van der Waals surface area contributed by atoms with Crippen molar-refractivity contribution in [3.05, 3.63) is 20.0 Å². The largest absolute Gasteiger partial charge is 1.00 e. The van der Waals surface area contributed by atoms with Crippen LogP contribution in [0.2, 0.25) is 13.1 Å². The number of carbonyl (C=O) groups is 1. The van der Waals surface area contributed by atoms with Crippen molar-refractivity contribution in [2.45, 2.75) is 80.3 Å². The molecule has 2 unspecified atom stereocenters. The minimum absolute atomic E-state index is 0. The van der Waals surface area contributed by atoms with Gasteiger partial charge in [-0.05, 0) is 0 Å². The van der Waals surface area contributed by atoms with E-state index in [1.807, 2.05) is 0 Å². The molecule has 0 heterocycles. The Kier molecular flexibility index (Phi) is 14.4. The summed E-state index contributed by atoms with van der Waals surface area (Å²) in [7, 11) is 0. The molecule has 25 heavy (non-hydrogen) atoms. The molecule has 1 aliphatic rings. The fourth-order valence-corrected chi connectivity index (χ4v) is 19.4. The van der Waals surface area contributed by atoms with Gasteiger partial charge in [-0.15, -0.1) is 0 Å². The monoisotopic (exact) mass is 482 g/mol. The molecular weight excluding hydrogens is 448 g/mol. The van der Waals surface area contributed by atoms with Crippen molar-refractivity contribution < 1.29 is 50.8 Å². The van der Waals surface area contributed by atoms with E-state index in [0.717, 1.165) is 12.8 Å². The van der Waals surface area contributed by atoms with Crippen LogP contribution in [0.3, 0.4) is 0 Å². The van der Waals surface area contributed by atoms with Crippen LogP contribution in [0.15, 0.2) is 20.0 Å². The summed E-state index contributed by atoms with van der Waals surface area (Å²) in [6, 6.07) is 0. The smallest absolute Gasteiger partial charge is 1.00 e. The summed E-state index contributed by atoms with van der Waals surface area (Å²) in [4.78, 5) is 12.9. The van der Waals surface area contributed by atoms with E-state index in [9.17, 15) is 4.79 Å². The molecular formula is C19H36Cl2NOSiZr. The molecule has 0 aliphatic heterocycles. The Balaban J connectivity index is 0. The number of nitrogens with one attached hydrogen (secondary N) is 1. The van der Waals surface area contributed by atoms with Crippen molar-refractivity contribution in [1.82, 2.24) is 3.26 Å². The van der Waals surface area contributed by atoms with Crippen molar-refractivity contribution >= 4 is 11.8 Å². The zero-order chi connectivity index (χ0) is 17.7. The molecule has 1 aliphatic carbocycles. The summed E-state index contributed by atoms with van der Waals surface area (Å²) in [5, 5.41) is 0. The van der Waals surface area contributed by atoms with E-state index in [0.29, 0.717) is 11.8 Å². The number of allylic oxidation sites excluding steroid dienone is 4. The first-order valence-electron chi connectivity index (χ1n) is 9.32. The maximum atomic E-state index is 12.9. The summed E-state index contributed by atoms with van der Waals surface area (Å²) in [6.45, 7) is 18.4. The molecule has 0 radical (unpaired) electrons. The number of unbranched alkanes of at least 4 members (excludes halogenated alkanes) is 1. The number of hydrogen-bond donors (Lipinski definition) is 1. The van der Waals surface area contributed by atoms with Crippen LogP contribution in [0.4, 0.5) is 0 Å². The van der Waals surface area contributed by atoms with E-state index < -0.39 is 27.1 Å². The second kappa shape index (κ2) is 12.9. The topological polar surface area (TPSA) is 29.1 Å². The Morgan fingerprint density at radius 2 is 1.72 bits per heavy atom. The summed E-state index contributed by atoms with van der Waals surface area (Å²) < 4.78 is 5.34. The third-order valence-corrected chi connectivity index (χ3v) is 22.6.